The Morgan fingerprint density at radius 2 is 2.25 bits per heavy atom. The van der Waals surface area contributed by atoms with Gasteiger partial charge in [0.05, 0.1) is 6.10 Å². The first-order chi connectivity index (χ1) is 9.65. The molecule has 1 N–H and O–H groups in total. The average molecular weight is 355 g/mol. The summed E-state index contributed by atoms with van der Waals surface area (Å²) in [5.41, 5.74) is 2.13. The Morgan fingerprint density at radius 1 is 1.40 bits per heavy atom. The Bertz CT molecular complexity index is 610. The quantitative estimate of drug-likeness (QED) is 0.848. The van der Waals surface area contributed by atoms with Crippen molar-refractivity contribution in [1.29, 1.82) is 0 Å². The zero-order valence-electron chi connectivity index (χ0n) is 11.0. The fraction of sp³-hybridized carbons (Fsp3) is 0.375. The van der Waals surface area contributed by atoms with E-state index in [1.807, 2.05) is 0 Å². The van der Waals surface area contributed by atoms with Crippen molar-refractivity contribution in [2.75, 3.05) is 0 Å². The molecule has 0 aliphatic heterocycles. The van der Waals surface area contributed by atoms with Crippen LogP contribution in [0.15, 0.2) is 34.1 Å². The van der Waals surface area contributed by atoms with E-state index < -0.39 is 6.10 Å². The van der Waals surface area contributed by atoms with Crippen LogP contribution < -0.4 is 0 Å². The molecular weight excluding hydrogens is 339 g/mol. The second-order valence-electron chi connectivity index (χ2n) is 5.31. The van der Waals surface area contributed by atoms with Crippen molar-refractivity contribution in [2.24, 2.45) is 0 Å². The topological polar surface area (TPSA) is 20.2 Å². The largest absolute Gasteiger partial charge is 0.392 e. The van der Waals surface area contributed by atoms with Gasteiger partial charge < -0.3 is 5.11 Å². The molecule has 0 saturated carbocycles. The van der Waals surface area contributed by atoms with Gasteiger partial charge in [0.2, 0.25) is 0 Å². The van der Waals surface area contributed by atoms with Crippen LogP contribution in [0.3, 0.4) is 0 Å². The Balaban J connectivity index is 1.81. The van der Waals surface area contributed by atoms with Crippen LogP contribution in [-0.2, 0) is 12.8 Å². The monoisotopic (exact) mass is 354 g/mol. The number of aryl methyl sites for hydroxylation is 1. The first-order valence-electron chi connectivity index (χ1n) is 6.83. The van der Waals surface area contributed by atoms with Gasteiger partial charge in [-0.25, -0.2) is 4.39 Å². The number of hydrogen-bond donors (Lipinski definition) is 1. The smallest absolute Gasteiger partial charge is 0.123 e. The molecule has 1 aliphatic carbocycles. The molecular formula is C16H16BrFOS. The highest BCUT2D eigenvalue weighted by molar-refractivity contribution is 9.10. The van der Waals surface area contributed by atoms with Gasteiger partial charge in [0.1, 0.15) is 5.82 Å². The van der Waals surface area contributed by atoms with E-state index in [2.05, 4.69) is 27.4 Å². The van der Waals surface area contributed by atoms with E-state index in [0.717, 1.165) is 29.3 Å². The second kappa shape index (κ2) is 5.96. The number of rotatable bonds is 3. The lowest BCUT2D eigenvalue weighted by Crippen LogP contribution is -2.24. The zero-order chi connectivity index (χ0) is 14.1. The lowest BCUT2D eigenvalue weighted by atomic mass is 9.82. The maximum atomic E-state index is 13.3. The van der Waals surface area contributed by atoms with Crippen molar-refractivity contribution in [3.63, 3.8) is 0 Å². The summed E-state index contributed by atoms with van der Waals surface area (Å²) in [6.45, 7) is 0. The van der Waals surface area contributed by atoms with Gasteiger partial charge in [-0.05, 0) is 60.0 Å². The van der Waals surface area contributed by atoms with E-state index in [-0.39, 0.29) is 11.7 Å². The third-order valence-electron chi connectivity index (χ3n) is 4.00. The minimum Gasteiger partial charge on any atom is -0.392 e. The zero-order valence-corrected chi connectivity index (χ0v) is 13.4. The molecule has 2 atom stereocenters. The maximum Gasteiger partial charge on any atom is 0.123 e. The lowest BCUT2D eigenvalue weighted by Gasteiger charge is -2.27. The number of halogens is 2. The number of hydrogen-bond acceptors (Lipinski definition) is 2. The van der Waals surface area contributed by atoms with Crippen molar-refractivity contribution in [1.82, 2.24) is 0 Å². The van der Waals surface area contributed by atoms with E-state index >= 15 is 0 Å². The molecule has 1 aromatic heterocycles. The van der Waals surface area contributed by atoms with Crippen molar-refractivity contribution >= 4 is 27.3 Å². The van der Waals surface area contributed by atoms with Crippen LogP contribution in [0.4, 0.5) is 4.39 Å². The Labute approximate surface area is 130 Å². The highest BCUT2D eigenvalue weighted by Crippen LogP contribution is 2.38. The molecule has 1 aliphatic rings. The third kappa shape index (κ3) is 2.83. The molecule has 1 nitrogen and oxygen atoms in total. The molecule has 106 valence electrons. The van der Waals surface area contributed by atoms with E-state index in [1.54, 1.807) is 17.4 Å². The minimum atomic E-state index is -0.457. The summed E-state index contributed by atoms with van der Waals surface area (Å²) in [5.74, 6) is -0.0737. The summed E-state index contributed by atoms with van der Waals surface area (Å²) < 4.78 is 14.2. The lowest BCUT2D eigenvalue weighted by molar-refractivity contribution is 0.134. The highest BCUT2D eigenvalue weighted by atomic mass is 79.9. The van der Waals surface area contributed by atoms with Gasteiger partial charge in [0, 0.05) is 21.7 Å². The van der Waals surface area contributed by atoms with Gasteiger partial charge in [0.15, 0.2) is 0 Å². The predicted molar refractivity (Wildman–Crippen MR) is 83.8 cm³/mol. The summed E-state index contributed by atoms with van der Waals surface area (Å²) in [6.07, 6.45) is 3.29. The molecule has 0 spiro atoms. The molecule has 0 saturated heterocycles. The standard InChI is InChI=1S/C16H16BrFOS/c17-14-5-4-11(18)8-10(14)9-15(19)12-2-1-3-16-13(12)6-7-20-16/h4-8,12,15,19H,1-3,9H2. The number of thiophene rings is 1. The van der Waals surface area contributed by atoms with Gasteiger partial charge >= 0.3 is 0 Å². The third-order valence-corrected chi connectivity index (χ3v) is 5.77. The Morgan fingerprint density at radius 3 is 3.10 bits per heavy atom. The predicted octanol–water partition coefficient (Wildman–Crippen LogP) is 4.67. The van der Waals surface area contributed by atoms with Crippen molar-refractivity contribution in [3.8, 4) is 0 Å². The van der Waals surface area contributed by atoms with E-state index in [9.17, 15) is 9.50 Å². The minimum absolute atomic E-state index is 0.181. The van der Waals surface area contributed by atoms with Gasteiger partial charge in [0.25, 0.3) is 0 Å². The Kier molecular flexibility index (Phi) is 4.24. The molecule has 0 radical (unpaired) electrons. The van der Waals surface area contributed by atoms with Gasteiger partial charge in [-0.3, -0.25) is 0 Å². The first kappa shape index (κ1) is 14.2. The van der Waals surface area contributed by atoms with Crippen LogP contribution >= 0.6 is 27.3 Å². The number of benzene rings is 1. The summed E-state index contributed by atoms with van der Waals surface area (Å²) in [6, 6.07) is 6.77. The highest BCUT2D eigenvalue weighted by Gasteiger charge is 2.27. The molecule has 4 heteroatoms. The molecule has 1 heterocycles. The molecule has 0 bridgehead atoms. The summed E-state index contributed by atoms with van der Waals surface area (Å²) in [4.78, 5) is 1.40. The SMILES string of the molecule is OC(Cc1cc(F)ccc1Br)C1CCCc2sccc21. The van der Waals surface area contributed by atoms with E-state index in [4.69, 9.17) is 0 Å². The van der Waals surface area contributed by atoms with Gasteiger partial charge in [-0.2, -0.15) is 0 Å². The molecule has 0 amide bonds. The normalized spacial score (nSPS) is 19.6. The van der Waals surface area contributed by atoms with Crippen LogP contribution in [0.5, 0.6) is 0 Å². The molecule has 2 aromatic rings. The van der Waals surface area contributed by atoms with Crippen LogP contribution in [-0.4, -0.2) is 11.2 Å². The summed E-state index contributed by atoms with van der Waals surface area (Å²) in [7, 11) is 0. The van der Waals surface area contributed by atoms with Crippen molar-refractivity contribution < 1.29 is 9.50 Å². The molecule has 0 fully saturated rings. The molecule has 1 aromatic carbocycles. The van der Waals surface area contributed by atoms with Gasteiger partial charge in [-0.15, -0.1) is 11.3 Å². The number of fused-ring (bicyclic) bond motifs is 1. The van der Waals surface area contributed by atoms with Crippen LogP contribution in [0.2, 0.25) is 0 Å². The second-order valence-corrected chi connectivity index (χ2v) is 7.16. The molecule has 3 rings (SSSR count). The fourth-order valence-electron chi connectivity index (χ4n) is 2.99. The molecule has 20 heavy (non-hydrogen) atoms. The van der Waals surface area contributed by atoms with Crippen molar-refractivity contribution in [2.45, 2.75) is 37.7 Å². The maximum absolute atomic E-state index is 13.3. The average Bonchev–Trinajstić information content (AvgIpc) is 2.91. The first-order valence-corrected chi connectivity index (χ1v) is 8.50. The summed E-state index contributed by atoms with van der Waals surface area (Å²) in [5, 5.41) is 12.7. The van der Waals surface area contributed by atoms with Crippen LogP contribution in [0.25, 0.3) is 0 Å². The van der Waals surface area contributed by atoms with E-state index in [1.165, 1.54) is 22.6 Å². The van der Waals surface area contributed by atoms with E-state index in [0.29, 0.717) is 6.42 Å². The fourth-order valence-corrected chi connectivity index (χ4v) is 4.39. The number of aliphatic hydroxyl groups is 1. The van der Waals surface area contributed by atoms with Crippen LogP contribution in [0, 0.1) is 5.82 Å². The Hall–Kier alpha value is -0.710. The summed E-state index contributed by atoms with van der Waals surface area (Å²) >= 11 is 5.21. The van der Waals surface area contributed by atoms with Gasteiger partial charge in [-0.1, -0.05) is 15.9 Å². The van der Waals surface area contributed by atoms with Crippen LogP contribution in [0.1, 0.15) is 34.8 Å². The number of aliphatic hydroxyl groups excluding tert-OH is 1. The molecule has 2 unspecified atom stereocenters. The van der Waals surface area contributed by atoms with Crippen molar-refractivity contribution in [3.05, 3.63) is 55.9 Å².